The third kappa shape index (κ3) is 6.09. The maximum absolute atomic E-state index is 12.7. The summed E-state index contributed by atoms with van der Waals surface area (Å²) in [5.41, 5.74) is -0.703. The predicted octanol–water partition coefficient (Wildman–Crippen LogP) is 0.469. The highest BCUT2D eigenvalue weighted by molar-refractivity contribution is 7.99. The number of amides is 1. The van der Waals surface area contributed by atoms with Crippen molar-refractivity contribution in [2.24, 2.45) is 5.92 Å². The SMILES string of the molecule is CCC1CCNC(C(=O)NC(C(C)Cl)C2OC(SC)C(O)C(O)C2O)C1.Cl. The summed E-state index contributed by atoms with van der Waals surface area (Å²) in [4.78, 5) is 12.7. The molecule has 2 rings (SSSR count). The Bertz CT molecular complexity index is 475. The van der Waals surface area contributed by atoms with Crippen LogP contribution in [0.3, 0.4) is 0 Å². The van der Waals surface area contributed by atoms with Crippen LogP contribution in [0.5, 0.6) is 0 Å². The first-order valence-corrected chi connectivity index (χ1v) is 10.9. The topological polar surface area (TPSA) is 111 Å². The fourth-order valence-corrected chi connectivity index (χ4v) is 4.54. The molecule has 2 aliphatic heterocycles. The molecule has 27 heavy (non-hydrogen) atoms. The zero-order chi connectivity index (χ0) is 19.4. The molecule has 1 amide bonds. The zero-order valence-electron chi connectivity index (χ0n) is 15.9. The van der Waals surface area contributed by atoms with E-state index in [1.165, 1.54) is 11.8 Å². The summed E-state index contributed by atoms with van der Waals surface area (Å²) in [6, 6.07) is -1.00. The largest absolute Gasteiger partial charge is 0.388 e. The van der Waals surface area contributed by atoms with Crippen LogP contribution in [-0.4, -0.2) is 81.3 Å². The van der Waals surface area contributed by atoms with E-state index < -0.39 is 41.3 Å². The van der Waals surface area contributed by atoms with Crippen LogP contribution in [0.1, 0.15) is 33.1 Å². The molecule has 9 atom stereocenters. The lowest BCUT2D eigenvalue weighted by atomic mass is 9.89. The number of halogens is 2. The van der Waals surface area contributed by atoms with Crippen LogP contribution in [0, 0.1) is 5.92 Å². The van der Waals surface area contributed by atoms with Gasteiger partial charge in [0.2, 0.25) is 5.91 Å². The number of rotatable bonds is 6. The molecule has 0 saturated carbocycles. The molecule has 0 aromatic heterocycles. The fraction of sp³-hybridized carbons (Fsp3) is 0.941. The standard InChI is InChI=1S/C17H31ClN2O5S.ClH/c1-4-9-5-6-19-10(7-9)16(24)20-11(8(2)18)15-13(22)12(21)14(23)17(25-15)26-3;/h8-15,17,19,21-23H,4-7H2,1-3H3,(H,20,24);1H. The van der Waals surface area contributed by atoms with E-state index in [4.69, 9.17) is 16.3 Å². The van der Waals surface area contributed by atoms with Crippen molar-refractivity contribution in [1.82, 2.24) is 10.6 Å². The Morgan fingerprint density at radius 2 is 2.00 bits per heavy atom. The summed E-state index contributed by atoms with van der Waals surface area (Å²) in [5.74, 6) is 0.325. The van der Waals surface area contributed by atoms with Crippen LogP contribution >= 0.6 is 35.8 Å². The molecule has 0 aromatic carbocycles. The number of hydrogen-bond donors (Lipinski definition) is 5. The van der Waals surface area contributed by atoms with E-state index in [0.717, 1.165) is 25.8 Å². The summed E-state index contributed by atoms with van der Waals surface area (Å²) in [6.07, 6.45) is -0.236. The molecular formula is C17H32Cl2N2O5S. The maximum Gasteiger partial charge on any atom is 0.237 e. The number of ether oxygens (including phenoxy) is 1. The number of hydrogen-bond acceptors (Lipinski definition) is 7. The number of aliphatic hydroxyl groups is 3. The highest BCUT2D eigenvalue weighted by atomic mass is 35.5. The van der Waals surface area contributed by atoms with E-state index in [-0.39, 0.29) is 24.4 Å². The number of carbonyl (C=O) groups is 1. The van der Waals surface area contributed by atoms with Gasteiger partial charge in [-0.15, -0.1) is 35.8 Å². The lowest BCUT2D eigenvalue weighted by Crippen LogP contribution is -2.65. The normalized spacial score (nSPS) is 39.1. The molecule has 9 unspecified atom stereocenters. The number of aliphatic hydroxyl groups excluding tert-OH is 3. The molecule has 0 bridgehead atoms. The number of alkyl halides is 1. The summed E-state index contributed by atoms with van der Waals surface area (Å²) >= 11 is 7.51. The van der Waals surface area contributed by atoms with Crippen molar-refractivity contribution in [2.75, 3.05) is 12.8 Å². The van der Waals surface area contributed by atoms with Crippen molar-refractivity contribution in [2.45, 2.75) is 80.4 Å². The Labute approximate surface area is 176 Å². The van der Waals surface area contributed by atoms with Crippen LogP contribution < -0.4 is 10.6 Å². The Morgan fingerprint density at radius 1 is 1.33 bits per heavy atom. The van der Waals surface area contributed by atoms with Gasteiger partial charge in [0.1, 0.15) is 29.9 Å². The molecule has 2 fully saturated rings. The van der Waals surface area contributed by atoms with Gasteiger partial charge in [0, 0.05) is 0 Å². The first-order chi connectivity index (χ1) is 12.3. The fourth-order valence-electron chi connectivity index (χ4n) is 3.66. The summed E-state index contributed by atoms with van der Waals surface area (Å²) in [7, 11) is 0. The van der Waals surface area contributed by atoms with Crippen molar-refractivity contribution in [3.63, 3.8) is 0 Å². The second-order valence-corrected chi connectivity index (χ2v) is 8.82. The monoisotopic (exact) mass is 446 g/mol. The van der Waals surface area contributed by atoms with Crippen molar-refractivity contribution in [3.05, 3.63) is 0 Å². The van der Waals surface area contributed by atoms with Gasteiger partial charge in [-0.25, -0.2) is 0 Å². The van der Waals surface area contributed by atoms with Gasteiger partial charge in [0.25, 0.3) is 0 Å². The summed E-state index contributed by atoms with van der Waals surface area (Å²) in [5, 5.41) is 36.1. The molecule has 0 spiro atoms. The number of piperidine rings is 1. The summed E-state index contributed by atoms with van der Waals surface area (Å²) in [6.45, 7) is 4.62. The Hall–Kier alpha value is 0.200. The van der Waals surface area contributed by atoms with Crippen LogP contribution in [-0.2, 0) is 9.53 Å². The maximum atomic E-state index is 12.7. The molecule has 0 aliphatic carbocycles. The Morgan fingerprint density at radius 3 is 2.56 bits per heavy atom. The van der Waals surface area contributed by atoms with Gasteiger partial charge < -0.3 is 30.7 Å². The van der Waals surface area contributed by atoms with Gasteiger partial charge in [-0.2, -0.15) is 0 Å². The quantitative estimate of drug-likeness (QED) is 0.377. The number of carbonyl (C=O) groups excluding carboxylic acids is 1. The smallest absolute Gasteiger partial charge is 0.237 e. The van der Waals surface area contributed by atoms with Gasteiger partial charge in [-0.05, 0) is 38.5 Å². The van der Waals surface area contributed by atoms with Crippen molar-refractivity contribution >= 4 is 41.7 Å². The molecule has 2 heterocycles. The van der Waals surface area contributed by atoms with Crippen LogP contribution in [0.4, 0.5) is 0 Å². The number of nitrogens with one attached hydrogen (secondary N) is 2. The highest BCUT2D eigenvalue weighted by Crippen LogP contribution is 2.30. The molecule has 2 aliphatic rings. The van der Waals surface area contributed by atoms with E-state index in [0.29, 0.717) is 5.92 Å². The molecule has 7 nitrogen and oxygen atoms in total. The van der Waals surface area contributed by atoms with Crippen LogP contribution in [0.25, 0.3) is 0 Å². The van der Waals surface area contributed by atoms with Crippen LogP contribution in [0.15, 0.2) is 0 Å². The average molecular weight is 447 g/mol. The second kappa shape index (κ2) is 11.4. The Kier molecular flexibility index (Phi) is 10.7. The average Bonchev–Trinajstić information content (AvgIpc) is 2.64. The van der Waals surface area contributed by atoms with Crippen LogP contribution in [0.2, 0.25) is 0 Å². The first-order valence-electron chi connectivity index (χ1n) is 9.20. The van der Waals surface area contributed by atoms with Gasteiger partial charge >= 0.3 is 0 Å². The molecule has 0 radical (unpaired) electrons. The molecule has 0 aromatic rings. The van der Waals surface area contributed by atoms with Crippen molar-refractivity contribution in [1.29, 1.82) is 0 Å². The third-order valence-electron chi connectivity index (χ3n) is 5.40. The van der Waals surface area contributed by atoms with E-state index >= 15 is 0 Å². The predicted molar refractivity (Wildman–Crippen MR) is 109 cm³/mol. The molecule has 160 valence electrons. The lowest BCUT2D eigenvalue weighted by Gasteiger charge is -2.44. The minimum atomic E-state index is -1.36. The second-order valence-electron chi connectivity index (χ2n) is 7.19. The van der Waals surface area contributed by atoms with Gasteiger partial charge in [0.15, 0.2) is 0 Å². The van der Waals surface area contributed by atoms with E-state index in [2.05, 4.69) is 17.6 Å². The van der Waals surface area contributed by atoms with Crippen molar-refractivity contribution in [3.8, 4) is 0 Å². The third-order valence-corrected chi connectivity index (χ3v) is 6.53. The number of thioether (sulfide) groups is 1. The minimum Gasteiger partial charge on any atom is -0.388 e. The van der Waals surface area contributed by atoms with E-state index in [9.17, 15) is 20.1 Å². The van der Waals surface area contributed by atoms with Gasteiger partial charge in [-0.1, -0.05) is 13.3 Å². The zero-order valence-corrected chi connectivity index (χ0v) is 18.3. The van der Waals surface area contributed by atoms with E-state index in [1.807, 2.05) is 0 Å². The highest BCUT2D eigenvalue weighted by Gasteiger charge is 2.48. The molecular weight excluding hydrogens is 415 g/mol. The molecule has 2 saturated heterocycles. The van der Waals surface area contributed by atoms with Gasteiger partial charge in [-0.3, -0.25) is 4.79 Å². The molecule has 5 N–H and O–H groups in total. The minimum absolute atomic E-state index is 0. The van der Waals surface area contributed by atoms with E-state index in [1.54, 1.807) is 13.2 Å². The summed E-state index contributed by atoms with van der Waals surface area (Å²) < 4.78 is 5.77. The molecule has 10 heteroatoms. The first kappa shape index (κ1) is 25.2. The lowest BCUT2D eigenvalue weighted by molar-refractivity contribution is -0.205. The van der Waals surface area contributed by atoms with Gasteiger partial charge in [0.05, 0.1) is 17.5 Å². The van der Waals surface area contributed by atoms with Crippen molar-refractivity contribution < 1.29 is 24.9 Å². The Balaban J connectivity index is 0.00000364.